The predicted molar refractivity (Wildman–Crippen MR) is 49.1 cm³/mol. The van der Waals surface area contributed by atoms with Crippen molar-refractivity contribution in [2.24, 2.45) is 0 Å². The molecule has 0 aromatic heterocycles. The summed E-state index contributed by atoms with van der Waals surface area (Å²) in [6.07, 6.45) is 0. The number of methoxy groups -OCH3 is 2. The monoisotopic (exact) mass is 196 g/mol. The van der Waals surface area contributed by atoms with E-state index in [2.05, 4.69) is 9.47 Å². The summed E-state index contributed by atoms with van der Waals surface area (Å²) < 4.78 is 24.0. The molecule has 1 aromatic rings. The van der Waals surface area contributed by atoms with Gasteiger partial charge in [0, 0.05) is 0 Å². The minimum absolute atomic E-state index is 0.0705. The summed E-state index contributed by atoms with van der Waals surface area (Å²) in [5, 5.41) is 0. The van der Waals surface area contributed by atoms with Gasteiger partial charge in [0.25, 0.3) is 0 Å². The van der Waals surface area contributed by atoms with Crippen molar-refractivity contribution in [3.8, 4) is 0 Å². The summed E-state index contributed by atoms with van der Waals surface area (Å²) in [6, 6.07) is 2.00. The summed E-state index contributed by atoms with van der Waals surface area (Å²) in [4.78, 5) is 22.6. The summed E-state index contributed by atoms with van der Waals surface area (Å²) >= 11 is 0. The molecule has 0 amide bonds. The van der Waals surface area contributed by atoms with E-state index >= 15 is 0 Å². The molecule has 0 fully saturated rings. The van der Waals surface area contributed by atoms with Crippen molar-refractivity contribution in [2.75, 3.05) is 14.2 Å². The summed E-state index contributed by atoms with van der Waals surface area (Å²) in [5.41, 5.74) is -0.315. The number of carbonyl (C=O) groups excluding carboxylic acids is 2. The highest BCUT2D eigenvalue weighted by Crippen LogP contribution is 2.07. The topological polar surface area (TPSA) is 52.6 Å². The third-order valence-electron chi connectivity index (χ3n) is 1.53. The van der Waals surface area contributed by atoms with Gasteiger partial charge >= 0.3 is 11.9 Å². The van der Waals surface area contributed by atoms with Gasteiger partial charge in [-0.25, -0.2) is 9.59 Å². The van der Waals surface area contributed by atoms with Crippen LogP contribution in [0.1, 0.15) is 23.5 Å². The van der Waals surface area contributed by atoms with Gasteiger partial charge in [0.1, 0.15) is 0 Å². The number of hydrogen-bond acceptors (Lipinski definition) is 4. The van der Waals surface area contributed by atoms with Gasteiger partial charge in [-0.2, -0.15) is 0 Å². The van der Waals surface area contributed by atoms with Crippen LogP contribution < -0.4 is 0 Å². The van der Waals surface area contributed by atoms with E-state index in [1.807, 2.05) is 0 Å². The molecule has 0 spiro atoms. The van der Waals surface area contributed by atoms with Crippen molar-refractivity contribution in [3.05, 3.63) is 35.3 Å². The van der Waals surface area contributed by atoms with Crippen LogP contribution in [-0.4, -0.2) is 26.2 Å². The Kier molecular flexibility index (Phi) is 2.38. The molecule has 0 N–H and O–H groups in total. The molecule has 0 atom stereocenters. The fourth-order valence-corrected chi connectivity index (χ4v) is 0.862. The van der Waals surface area contributed by atoms with Crippen LogP contribution in [-0.2, 0) is 9.47 Å². The van der Waals surface area contributed by atoms with E-state index < -0.39 is 11.9 Å². The normalized spacial score (nSPS) is 11.3. The van der Waals surface area contributed by atoms with Gasteiger partial charge in [0.05, 0.1) is 28.1 Å². The molecule has 0 unspecified atom stereocenters. The third kappa shape index (κ3) is 2.10. The Morgan fingerprint density at radius 1 is 1.21 bits per heavy atom. The third-order valence-corrected chi connectivity index (χ3v) is 1.53. The van der Waals surface area contributed by atoms with Crippen molar-refractivity contribution >= 4 is 11.9 Å². The molecule has 14 heavy (non-hydrogen) atoms. The molecule has 4 nitrogen and oxygen atoms in total. The molecule has 0 heterocycles. The van der Waals surface area contributed by atoms with Crippen LogP contribution in [0.15, 0.2) is 24.2 Å². The van der Waals surface area contributed by atoms with E-state index in [4.69, 9.17) is 2.74 Å². The highest BCUT2D eigenvalue weighted by Gasteiger charge is 2.09. The zero-order valence-electron chi connectivity index (χ0n) is 9.79. The second kappa shape index (κ2) is 4.41. The van der Waals surface area contributed by atoms with Crippen molar-refractivity contribution in [2.45, 2.75) is 0 Å². The Balaban J connectivity index is 3.38. The quantitative estimate of drug-likeness (QED) is 0.668. The summed E-state index contributed by atoms with van der Waals surface area (Å²) in [5.74, 6) is -1.55. The van der Waals surface area contributed by atoms with E-state index in [-0.39, 0.29) is 23.2 Å². The van der Waals surface area contributed by atoms with E-state index in [1.54, 1.807) is 0 Å². The lowest BCUT2D eigenvalue weighted by molar-refractivity contribution is 0.0599. The molecule has 0 aliphatic carbocycles. The molecule has 0 saturated heterocycles. The molecule has 1 aromatic carbocycles. The first-order chi connectivity index (χ1) is 7.52. The van der Waals surface area contributed by atoms with Crippen molar-refractivity contribution < 1.29 is 21.8 Å². The Morgan fingerprint density at radius 3 is 2.36 bits per heavy atom. The van der Waals surface area contributed by atoms with Gasteiger partial charge in [-0.1, -0.05) is 6.07 Å². The minimum Gasteiger partial charge on any atom is -0.465 e. The zero-order valence-corrected chi connectivity index (χ0v) is 7.79. The van der Waals surface area contributed by atoms with Crippen LogP contribution in [0.3, 0.4) is 0 Å². The fraction of sp³-hybridized carbons (Fsp3) is 0.200. The first kappa shape index (κ1) is 7.55. The summed E-state index contributed by atoms with van der Waals surface area (Å²) in [6.45, 7) is 0. The van der Waals surface area contributed by atoms with Crippen LogP contribution >= 0.6 is 0 Å². The summed E-state index contributed by atoms with van der Waals surface area (Å²) in [7, 11) is 2.32. The Labute approximate surface area is 84.3 Å². The van der Waals surface area contributed by atoms with Crippen LogP contribution in [0.25, 0.3) is 0 Å². The van der Waals surface area contributed by atoms with Crippen molar-refractivity contribution in [3.63, 3.8) is 0 Å². The average molecular weight is 196 g/mol. The number of benzene rings is 1. The molecule has 0 bridgehead atoms. The molecule has 0 saturated carbocycles. The van der Waals surface area contributed by atoms with E-state index in [9.17, 15) is 9.59 Å². The second-order valence-corrected chi connectivity index (χ2v) is 2.37. The van der Waals surface area contributed by atoms with Crippen LogP contribution in [0, 0.1) is 0 Å². The maximum Gasteiger partial charge on any atom is 0.337 e. The minimum atomic E-state index is -0.819. The number of esters is 2. The number of rotatable bonds is 2. The molecular formula is C10H10O4. The lowest BCUT2D eigenvalue weighted by Gasteiger charge is -2.01. The molecular weight excluding hydrogens is 184 g/mol. The fourth-order valence-electron chi connectivity index (χ4n) is 0.862. The maximum absolute atomic E-state index is 11.3. The standard InChI is InChI=1S/C10H10O4/c1-13-9(11)7-4-3-5-8(6-7)10(12)14-2/h3-6H,1-2H3/i4D,6D. The van der Waals surface area contributed by atoms with Gasteiger partial charge in [-0.15, -0.1) is 0 Å². The maximum atomic E-state index is 11.3. The van der Waals surface area contributed by atoms with Crippen LogP contribution in [0.5, 0.6) is 0 Å². The van der Waals surface area contributed by atoms with Crippen molar-refractivity contribution in [1.29, 1.82) is 0 Å². The highest BCUT2D eigenvalue weighted by molar-refractivity contribution is 5.95. The Hall–Kier alpha value is -1.84. The second-order valence-electron chi connectivity index (χ2n) is 2.37. The van der Waals surface area contributed by atoms with Crippen molar-refractivity contribution in [1.82, 2.24) is 0 Å². The van der Waals surface area contributed by atoms with E-state index in [0.717, 1.165) is 7.11 Å². The first-order valence-electron chi connectivity index (χ1n) is 4.79. The predicted octanol–water partition coefficient (Wildman–Crippen LogP) is 1.26. The first-order valence-corrected chi connectivity index (χ1v) is 3.79. The number of hydrogen-bond donors (Lipinski definition) is 0. The molecule has 0 aliphatic heterocycles. The molecule has 0 radical (unpaired) electrons. The van der Waals surface area contributed by atoms with Gasteiger partial charge in [0.15, 0.2) is 0 Å². The molecule has 0 aliphatic rings. The highest BCUT2D eigenvalue weighted by atomic mass is 16.5. The average Bonchev–Trinajstić information content (AvgIpc) is 2.28. The number of ether oxygens (including phenoxy) is 2. The van der Waals surface area contributed by atoms with Crippen LogP contribution in [0.2, 0.25) is 0 Å². The lowest BCUT2D eigenvalue weighted by Crippen LogP contribution is -2.05. The van der Waals surface area contributed by atoms with Gasteiger partial charge in [0.2, 0.25) is 0 Å². The Bertz CT molecular complexity index is 443. The van der Waals surface area contributed by atoms with Gasteiger partial charge in [-0.05, 0) is 18.2 Å². The largest absolute Gasteiger partial charge is 0.465 e. The Morgan fingerprint density at radius 2 is 1.79 bits per heavy atom. The molecule has 4 heteroatoms. The lowest BCUT2D eigenvalue weighted by atomic mass is 10.1. The van der Waals surface area contributed by atoms with Crippen LogP contribution in [0.4, 0.5) is 0 Å². The SMILES string of the molecule is [2H]c1ccc(C(=O)OC)c([2H])c1C(=O)OC. The zero-order chi connectivity index (χ0) is 12.3. The molecule has 1 rings (SSSR count). The van der Waals surface area contributed by atoms with E-state index in [0.29, 0.717) is 0 Å². The van der Waals surface area contributed by atoms with Gasteiger partial charge in [-0.3, -0.25) is 0 Å². The van der Waals surface area contributed by atoms with E-state index in [1.165, 1.54) is 19.2 Å². The number of carbonyl (C=O) groups is 2. The van der Waals surface area contributed by atoms with Gasteiger partial charge < -0.3 is 9.47 Å². The smallest absolute Gasteiger partial charge is 0.337 e. The molecule has 74 valence electrons.